The van der Waals surface area contributed by atoms with Crippen LogP contribution in [0.4, 0.5) is 4.79 Å². The van der Waals surface area contributed by atoms with Gasteiger partial charge in [0, 0.05) is 25.7 Å². The molecule has 19 heavy (non-hydrogen) atoms. The van der Waals surface area contributed by atoms with E-state index in [1.807, 2.05) is 0 Å². The zero-order valence-corrected chi connectivity index (χ0v) is 12.0. The van der Waals surface area contributed by atoms with Gasteiger partial charge in [-0.05, 0) is 19.3 Å². The molecule has 2 unspecified atom stereocenters. The van der Waals surface area contributed by atoms with Crippen LogP contribution in [0.3, 0.4) is 0 Å². The Labute approximate surface area is 114 Å². The van der Waals surface area contributed by atoms with Crippen LogP contribution in [-0.4, -0.2) is 56.4 Å². The van der Waals surface area contributed by atoms with Gasteiger partial charge in [0.15, 0.2) is 0 Å². The van der Waals surface area contributed by atoms with Crippen LogP contribution in [0.25, 0.3) is 0 Å². The van der Waals surface area contributed by atoms with Crippen LogP contribution >= 0.6 is 0 Å². The molecule has 6 heteroatoms. The number of esters is 1. The van der Waals surface area contributed by atoms with Gasteiger partial charge in [-0.25, -0.2) is 4.79 Å². The van der Waals surface area contributed by atoms with E-state index in [1.165, 1.54) is 7.11 Å². The summed E-state index contributed by atoms with van der Waals surface area (Å²) in [6.45, 7) is 6.66. The third kappa shape index (κ3) is 5.92. The maximum Gasteiger partial charge on any atom is 0.407 e. The maximum atomic E-state index is 11.4. The largest absolute Gasteiger partial charge is 0.469 e. The number of nitrogens with zero attached hydrogens (tertiary/aromatic N) is 1. The van der Waals surface area contributed by atoms with Gasteiger partial charge in [0.25, 0.3) is 0 Å². The van der Waals surface area contributed by atoms with Crippen molar-refractivity contribution in [2.24, 2.45) is 5.92 Å². The Balaban J connectivity index is 2.39. The molecule has 1 aliphatic heterocycles. The Morgan fingerprint density at radius 1 is 1.37 bits per heavy atom. The smallest absolute Gasteiger partial charge is 0.407 e. The van der Waals surface area contributed by atoms with E-state index in [0.29, 0.717) is 25.5 Å². The van der Waals surface area contributed by atoms with Gasteiger partial charge in [-0.2, -0.15) is 0 Å². The average molecular weight is 272 g/mol. The van der Waals surface area contributed by atoms with Gasteiger partial charge in [0.05, 0.1) is 20.1 Å². The highest BCUT2D eigenvalue weighted by atomic mass is 16.5. The summed E-state index contributed by atoms with van der Waals surface area (Å²) in [4.78, 5) is 24.7. The number of ether oxygens (including phenoxy) is 2. The molecule has 0 aromatic carbocycles. The molecular formula is C13H24N2O4. The Bertz CT molecular complexity index is 309. The van der Waals surface area contributed by atoms with Gasteiger partial charge in [-0.1, -0.05) is 6.92 Å². The van der Waals surface area contributed by atoms with Crippen LogP contribution < -0.4 is 5.32 Å². The number of amides is 1. The number of nitrogens with one attached hydrogen (secondary N) is 1. The highest BCUT2D eigenvalue weighted by Crippen LogP contribution is 2.16. The molecule has 1 N–H and O–H groups in total. The number of alkyl carbamates (subject to hydrolysis) is 1. The minimum atomic E-state index is -0.366. The van der Waals surface area contributed by atoms with Crippen molar-refractivity contribution < 1.29 is 19.1 Å². The minimum absolute atomic E-state index is 0.0837. The standard InChI is InChI=1S/C13H24N2O4/c1-4-19-13(17)14-11-7-10(2)8-15(9-11)6-5-12(16)18-3/h10-11H,4-9H2,1-3H3,(H,14,17). The summed E-state index contributed by atoms with van der Waals surface area (Å²) >= 11 is 0. The Hall–Kier alpha value is -1.30. The van der Waals surface area contributed by atoms with Gasteiger partial charge in [-0.15, -0.1) is 0 Å². The van der Waals surface area contributed by atoms with Crippen LogP contribution in [0.15, 0.2) is 0 Å². The Kier molecular flexibility index (Phi) is 6.62. The molecule has 0 saturated carbocycles. The number of piperidine rings is 1. The molecule has 0 radical (unpaired) electrons. The molecule has 6 nitrogen and oxygen atoms in total. The summed E-state index contributed by atoms with van der Waals surface area (Å²) in [5.74, 6) is 0.284. The summed E-state index contributed by atoms with van der Waals surface area (Å²) in [5, 5.41) is 2.86. The first kappa shape index (κ1) is 15.8. The third-order valence-corrected chi connectivity index (χ3v) is 3.19. The lowest BCUT2D eigenvalue weighted by molar-refractivity contribution is -0.141. The molecule has 2 atom stereocenters. The highest BCUT2D eigenvalue weighted by molar-refractivity contribution is 5.69. The molecular weight excluding hydrogens is 248 g/mol. The van der Waals surface area contributed by atoms with Crippen LogP contribution in [-0.2, 0) is 14.3 Å². The summed E-state index contributed by atoms with van der Waals surface area (Å²) in [7, 11) is 1.40. The number of methoxy groups -OCH3 is 1. The number of rotatable bonds is 5. The van der Waals surface area contributed by atoms with Crippen LogP contribution in [0, 0.1) is 5.92 Å². The van der Waals surface area contributed by atoms with Crippen molar-refractivity contribution in [3.63, 3.8) is 0 Å². The zero-order valence-electron chi connectivity index (χ0n) is 12.0. The molecule has 0 spiro atoms. The van der Waals surface area contributed by atoms with Crippen molar-refractivity contribution in [3.8, 4) is 0 Å². The van der Waals surface area contributed by atoms with Crippen molar-refractivity contribution in [2.45, 2.75) is 32.7 Å². The average Bonchev–Trinajstić information content (AvgIpc) is 2.35. The quantitative estimate of drug-likeness (QED) is 0.756. The van der Waals surface area contributed by atoms with Crippen molar-refractivity contribution >= 4 is 12.1 Å². The fourth-order valence-corrected chi connectivity index (χ4v) is 2.44. The van der Waals surface area contributed by atoms with Crippen LogP contribution in [0.2, 0.25) is 0 Å². The Morgan fingerprint density at radius 3 is 2.74 bits per heavy atom. The summed E-state index contributed by atoms with van der Waals surface area (Å²) < 4.78 is 9.52. The van der Waals surface area contributed by atoms with Gasteiger partial charge < -0.3 is 19.7 Å². The summed E-state index contributed by atoms with van der Waals surface area (Å²) in [5.41, 5.74) is 0. The van der Waals surface area contributed by atoms with Crippen LogP contribution in [0.5, 0.6) is 0 Å². The van der Waals surface area contributed by atoms with E-state index < -0.39 is 0 Å². The highest BCUT2D eigenvalue weighted by Gasteiger charge is 2.26. The second-order valence-corrected chi connectivity index (χ2v) is 4.99. The van der Waals surface area contributed by atoms with E-state index in [4.69, 9.17) is 4.74 Å². The molecule has 0 aliphatic carbocycles. The predicted octanol–water partition coefficient (Wildman–Crippen LogP) is 1.01. The molecule has 1 amide bonds. The summed E-state index contributed by atoms with van der Waals surface area (Å²) in [6.07, 6.45) is 0.956. The minimum Gasteiger partial charge on any atom is -0.469 e. The molecule has 1 aliphatic rings. The van der Waals surface area contributed by atoms with E-state index in [2.05, 4.69) is 21.9 Å². The van der Waals surface area contributed by atoms with Crippen molar-refractivity contribution in [3.05, 3.63) is 0 Å². The van der Waals surface area contributed by atoms with Crippen molar-refractivity contribution in [1.82, 2.24) is 10.2 Å². The lowest BCUT2D eigenvalue weighted by atomic mass is 9.96. The van der Waals surface area contributed by atoms with E-state index >= 15 is 0 Å². The maximum absolute atomic E-state index is 11.4. The first-order valence-electron chi connectivity index (χ1n) is 6.77. The fraction of sp³-hybridized carbons (Fsp3) is 0.846. The molecule has 1 rings (SSSR count). The van der Waals surface area contributed by atoms with Gasteiger partial charge in [0.2, 0.25) is 0 Å². The van der Waals surface area contributed by atoms with Gasteiger partial charge >= 0.3 is 12.1 Å². The third-order valence-electron chi connectivity index (χ3n) is 3.19. The second kappa shape index (κ2) is 7.99. The number of hydrogen-bond acceptors (Lipinski definition) is 5. The Morgan fingerprint density at radius 2 is 2.11 bits per heavy atom. The lowest BCUT2D eigenvalue weighted by Crippen LogP contribution is -2.50. The molecule has 1 fully saturated rings. The first-order chi connectivity index (χ1) is 9.05. The second-order valence-electron chi connectivity index (χ2n) is 4.99. The van der Waals surface area contributed by atoms with Gasteiger partial charge in [0.1, 0.15) is 0 Å². The van der Waals surface area contributed by atoms with E-state index in [1.54, 1.807) is 6.92 Å². The SMILES string of the molecule is CCOC(=O)NC1CC(C)CN(CCC(=O)OC)C1. The zero-order chi connectivity index (χ0) is 14.3. The van der Waals surface area contributed by atoms with E-state index in [9.17, 15) is 9.59 Å². The summed E-state index contributed by atoms with van der Waals surface area (Å²) in [6, 6.07) is 0.0837. The topological polar surface area (TPSA) is 67.9 Å². The van der Waals surface area contributed by atoms with E-state index in [-0.39, 0.29) is 18.1 Å². The first-order valence-corrected chi connectivity index (χ1v) is 6.77. The number of carbonyl (C=O) groups excluding carboxylic acids is 2. The number of likely N-dealkylation sites (tertiary alicyclic amines) is 1. The molecule has 1 heterocycles. The van der Waals surface area contributed by atoms with Crippen molar-refractivity contribution in [1.29, 1.82) is 0 Å². The molecule has 110 valence electrons. The number of carbonyl (C=O) groups is 2. The molecule has 0 aromatic rings. The fourth-order valence-electron chi connectivity index (χ4n) is 2.44. The van der Waals surface area contributed by atoms with Gasteiger partial charge in [-0.3, -0.25) is 4.79 Å². The molecule has 0 aromatic heterocycles. The van der Waals surface area contributed by atoms with Crippen LogP contribution in [0.1, 0.15) is 26.7 Å². The molecule has 0 bridgehead atoms. The normalized spacial score (nSPS) is 23.7. The monoisotopic (exact) mass is 272 g/mol. The lowest BCUT2D eigenvalue weighted by Gasteiger charge is -2.36. The predicted molar refractivity (Wildman–Crippen MR) is 70.8 cm³/mol. The van der Waals surface area contributed by atoms with Crippen molar-refractivity contribution in [2.75, 3.05) is 33.4 Å². The molecule has 1 saturated heterocycles. The number of hydrogen-bond donors (Lipinski definition) is 1. The van der Waals surface area contributed by atoms with E-state index in [0.717, 1.165) is 19.5 Å².